The molecule has 0 radical (unpaired) electrons. The average Bonchev–Trinajstić information content (AvgIpc) is 2.22. The van der Waals surface area contributed by atoms with Crippen LogP contribution in [0.2, 0.25) is 0 Å². The Morgan fingerprint density at radius 1 is 1.35 bits per heavy atom. The molecule has 0 heterocycles. The lowest BCUT2D eigenvalue weighted by molar-refractivity contribution is -0.119. The molecule has 3 N–H and O–H groups in total. The van der Waals surface area contributed by atoms with Crippen molar-refractivity contribution in [1.82, 2.24) is 5.32 Å². The van der Waals surface area contributed by atoms with Crippen LogP contribution in [0.5, 0.6) is 0 Å². The predicted molar refractivity (Wildman–Crippen MR) is 69.0 cm³/mol. The van der Waals surface area contributed by atoms with Crippen LogP contribution >= 0.6 is 11.8 Å². The molecular weight excluding hydrogens is 236 g/mol. The Kier molecular flexibility index (Phi) is 5.03. The first-order valence-corrected chi connectivity index (χ1v) is 6.27. The maximum Gasteiger partial charge on any atom is 0.318 e. The van der Waals surface area contributed by atoms with Gasteiger partial charge in [-0.15, -0.1) is 11.8 Å². The minimum Gasteiger partial charge on any atom is -0.351 e. The van der Waals surface area contributed by atoms with Gasteiger partial charge in [-0.1, -0.05) is 17.7 Å². The number of imide groups is 1. The highest BCUT2D eigenvalue weighted by molar-refractivity contribution is 7.99. The molecular formula is C12H16N2O2S. The quantitative estimate of drug-likeness (QED) is 0.805. The fraction of sp³-hybridized carbons (Fsp3) is 0.333. The number of hydrogen-bond donors (Lipinski definition) is 2. The lowest BCUT2D eigenvalue weighted by Gasteiger charge is -2.06. The SMILES string of the molecule is Cc1ccc(C)c(SCCC(=O)NC(N)=O)c1. The van der Waals surface area contributed by atoms with Gasteiger partial charge >= 0.3 is 6.03 Å². The standard InChI is InChI=1S/C12H16N2O2S/c1-8-3-4-9(2)10(7-8)17-6-5-11(15)14-12(13)16/h3-4,7H,5-6H2,1-2H3,(H3,13,14,15,16). The molecule has 0 unspecified atom stereocenters. The summed E-state index contributed by atoms with van der Waals surface area (Å²) in [4.78, 5) is 22.8. The normalized spacial score (nSPS) is 10.0. The number of amides is 3. The van der Waals surface area contributed by atoms with Crippen molar-refractivity contribution in [3.63, 3.8) is 0 Å². The lowest BCUT2D eigenvalue weighted by atomic mass is 10.2. The second-order valence-corrected chi connectivity index (χ2v) is 4.92. The summed E-state index contributed by atoms with van der Waals surface area (Å²) in [5, 5.41) is 2.04. The maximum atomic E-state index is 11.2. The molecule has 0 fully saturated rings. The molecule has 0 aliphatic carbocycles. The summed E-state index contributed by atoms with van der Waals surface area (Å²) in [6.07, 6.45) is 0.279. The highest BCUT2D eigenvalue weighted by Gasteiger charge is 2.05. The van der Waals surface area contributed by atoms with Crippen LogP contribution in [0.3, 0.4) is 0 Å². The van der Waals surface area contributed by atoms with E-state index in [9.17, 15) is 9.59 Å². The Morgan fingerprint density at radius 3 is 2.71 bits per heavy atom. The number of thioether (sulfide) groups is 1. The summed E-state index contributed by atoms with van der Waals surface area (Å²) in [5.41, 5.74) is 7.23. The Hall–Kier alpha value is -1.49. The van der Waals surface area contributed by atoms with Crippen LogP contribution < -0.4 is 11.1 Å². The molecule has 92 valence electrons. The number of rotatable bonds is 4. The molecule has 0 aliphatic heterocycles. The van der Waals surface area contributed by atoms with E-state index in [1.54, 1.807) is 11.8 Å². The number of primary amides is 1. The zero-order valence-corrected chi connectivity index (χ0v) is 10.8. The van der Waals surface area contributed by atoms with E-state index in [2.05, 4.69) is 18.2 Å². The van der Waals surface area contributed by atoms with E-state index in [1.165, 1.54) is 11.1 Å². The molecule has 4 nitrogen and oxygen atoms in total. The van der Waals surface area contributed by atoms with Gasteiger partial charge in [-0.2, -0.15) is 0 Å². The Bertz CT molecular complexity index is 433. The first-order chi connectivity index (χ1) is 7.99. The van der Waals surface area contributed by atoms with Gasteiger partial charge < -0.3 is 5.73 Å². The summed E-state index contributed by atoms with van der Waals surface area (Å²) in [7, 11) is 0. The molecule has 17 heavy (non-hydrogen) atoms. The van der Waals surface area contributed by atoms with Gasteiger partial charge in [0.1, 0.15) is 0 Å². The van der Waals surface area contributed by atoms with E-state index in [0.717, 1.165) is 4.90 Å². The molecule has 0 aliphatic rings. The van der Waals surface area contributed by atoms with Crippen LogP contribution in [0.15, 0.2) is 23.1 Å². The van der Waals surface area contributed by atoms with Crippen molar-refractivity contribution in [2.45, 2.75) is 25.2 Å². The fourth-order valence-corrected chi connectivity index (χ4v) is 2.39. The van der Waals surface area contributed by atoms with Crippen molar-refractivity contribution in [1.29, 1.82) is 0 Å². The van der Waals surface area contributed by atoms with Crippen LogP contribution in [0.1, 0.15) is 17.5 Å². The second-order valence-electron chi connectivity index (χ2n) is 3.78. The third-order valence-corrected chi connectivity index (χ3v) is 3.35. The number of urea groups is 1. The minimum atomic E-state index is -0.799. The number of carbonyl (C=O) groups is 2. The molecule has 0 saturated heterocycles. The van der Waals surface area contributed by atoms with Gasteiger partial charge in [0.15, 0.2) is 0 Å². The van der Waals surface area contributed by atoms with Crippen molar-refractivity contribution >= 4 is 23.7 Å². The topological polar surface area (TPSA) is 72.2 Å². The van der Waals surface area contributed by atoms with Gasteiger partial charge in [0.2, 0.25) is 5.91 Å². The third kappa shape index (κ3) is 4.91. The smallest absolute Gasteiger partial charge is 0.318 e. The number of nitrogens with two attached hydrogens (primary N) is 1. The van der Waals surface area contributed by atoms with Gasteiger partial charge in [0, 0.05) is 17.1 Å². The average molecular weight is 252 g/mol. The number of aryl methyl sites for hydroxylation is 2. The highest BCUT2D eigenvalue weighted by atomic mass is 32.2. The Balaban J connectivity index is 2.43. The molecule has 3 amide bonds. The zero-order chi connectivity index (χ0) is 12.8. The lowest BCUT2D eigenvalue weighted by Crippen LogP contribution is -2.35. The zero-order valence-electron chi connectivity index (χ0n) is 9.95. The molecule has 0 spiro atoms. The first-order valence-electron chi connectivity index (χ1n) is 5.28. The number of benzene rings is 1. The van der Waals surface area contributed by atoms with Crippen LogP contribution in [0, 0.1) is 13.8 Å². The van der Waals surface area contributed by atoms with Gasteiger partial charge in [0.05, 0.1) is 0 Å². The van der Waals surface area contributed by atoms with Crippen molar-refractivity contribution in [3.05, 3.63) is 29.3 Å². The van der Waals surface area contributed by atoms with Gasteiger partial charge in [-0.25, -0.2) is 4.79 Å². The molecule has 1 rings (SSSR count). The van der Waals surface area contributed by atoms with Crippen molar-refractivity contribution in [3.8, 4) is 0 Å². The summed E-state index contributed by atoms with van der Waals surface area (Å²) in [6.45, 7) is 4.06. The summed E-state index contributed by atoms with van der Waals surface area (Å²) in [5.74, 6) is 0.291. The summed E-state index contributed by atoms with van der Waals surface area (Å²) < 4.78 is 0. The van der Waals surface area contributed by atoms with Crippen molar-refractivity contribution in [2.24, 2.45) is 5.73 Å². The summed E-state index contributed by atoms with van der Waals surface area (Å²) >= 11 is 1.60. The fourth-order valence-electron chi connectivity index (χ4n) is 1.32. The van der Waals surface area contributed by atoms with E-state index < -0.39 is 6.03 Å². The Labute approximate surface area is 105 Å². The Morgan fingerprint density at radius 2 is 2.06 bits per heavy atom. The van der Waals surface area contributed by atoms with E-state index in [0.29, 0.717) is 5.75 Å². The van der Waals surface area contributed by atoms with Crippen molar-refractivity contribution in [2.75, 3.05) is 5.75 Å². The number of nitrogens with one attached hydrogen (secondary N) is 1. The largest absolute Gasteiger partial charge is 0.351 e. The first kappa shape index (κ1) is 13.6. The molecule has 0 atom stereocenters. The molecule has 1 aromatic carbocycles. The molecule has 0 aromatic heterocycles. The number of carbonyl (C=O) groups excluding carboxylic acids is 2. The second kappa shape index (κ2) is 6.30. The van der Waals surface area contributed by atoms with Crippen molar-refractivity contribution < 1.29 is 9.59 Å². The van der Waals surface area contributed by atoms with Gasteiger partial charge in [-0.05, 0) is 25.5 Å². The molecule has 5 heteroatoms. The van der Waals surface area contributed by atoms with E-state index in [-0.39, 0.29) is 12.3 Å². The maximum absolute atomic E-state index is 11.2. The molecule has 0 bridgehead atoms. The van der Waals surface area contributed by atoms with Gasteiger partial charge in [0.25, 0.3) is 0 Å². The molecule has 0 saturated carbocycles. The van der Waals surface area contributed by atoms with Crippen LogP contribution in [-0.2, 0) is 4.79 Å². The number of hydrogen-bond acceptors (Lipinski definition) is 3. The van der Waals surface area contributed by atoms with E-state index in [1.807, 2.05) is 19.2 Å². The third-order valence-electron chi connectivity index (χ3n) is 2.19. The summed E-state index contributed by atoms with van der Waals surface area (Å²) in [6, 6.07) is 5.40. The van der Waals surface area contributed by atoms with Crippen LogP contribution in [0.25, 0.3) is 0 Å². The van der Waals surface area contributed by atoms with Crippen LogP contribution in [0.4, 0.5) is 4.79 Å². The predicted octanol–water partition coefficient (Wildman–Crippen LogP) is 1.98. The molecule has 1 aromatic rings. The minimum absolute atomic E-state index is 0.279. The van der Waals surface area contributed by atoms with Crippen LogP contribution in [-0.4, -0.2) is 17.7 Å². The monoisotopic (exact) mass is 252 g/mol. The highest BCUT2D eigenvalue weighted by Crippen LogP contribution is 2.23. The van der Waals surface area contributed by atoms with Gasteiger partial charge in [-0.3, -0.25) is 10.1 Å². The van der Waals surface area contributed by atoms with E-state index >= 15 is 0 Å². The van der Waals surface area contributed by atoms with E-state index in [4.69, 9.17) is 5.73 Å².